The lowest BCUT2D eigenvalue weighted by Gasteiger charge is -2.39. The average molecular weight is 239 g/mol. The highest BCUT2D eigenvalue weighted by Crippen LogP contribution is 2.17. The van der Waals surface area contributed by atoms with Crippen molar-refractivity contribution in [3.8, 4) is 0 Å². The quantitative estimate of drug-likeness (QED) is 0.763. The number of nitrogens with one attached hydrogen (secondary N) is 2. The van der Waals surface area contributed by atoms with Gasteiger partial charge in [0.25, 0.3) is 0 Å². The Morgan fingerprint density at radius 3 is 2.94 bits per heavy atom. The van der Waals surface area contributed by atoms with Crippen molar-refractivity contribution in [1.82, 2.24) is 15.5 Å². The van der Waals surface area contributed by atoms with E-state index in [0.717, 1.165) is 26.1 Å². The molecule has 3 unspecified atom stereocenters. The summed E-state index contributed by atoms with van der Waals surface area (Å²) in [6.07, 6.45) is 5.12. The molecule has 3 atom stereocenters. The Labute approximate surface area is 104 Å². The molecule has 0 bridgehead atoms. The van der Waals surface area contributed by atoms with Crippen LogP contribution in [0.25, 0.3) is 0 Å². The van der Waals surface area contributed by atoms with Gasteiger partial charge >= 0.3 is 0 Å². The maximum absolute atomic E-state index is 11.6. The van der Waals surface area contributed by atoms with Gasteiger partial charge in [-0.1, -0.05) is 6.42 Å². The van der Waals surface area contributed by atoms with Crippen LogP contribution in [0.4, 0.5) is 0 Å². The van der Waals surface area contributed by atoms with E-state index in [1.807, 2.05) is 6.92 Å². The zero-order valence-electron chi connectivity index (χ0n) is 11.0. The summed E-state index contributed by atoms with van der Waals surface area (Å²) >= 11 is 0. The second-order valence-electron chi connectivity index (χ2n) is 5.44. The molecule has 0 radical (unpaired) electrons. The summed E-state index contributed by atoms with van der Waals surface area (Å²) in [5.74, 6) is 0.180. The van der Waals surface area contributed by atoms with Crippen molar-refractivity contribution < 1.29 is 4.79 Å². The first kappa shape index (κ1) is 12.8. The summed E-state index contributed by atoms with van der Waals surface area (Å²) in [6, 6.07) is 1.17. The second kappa shape index (κ2) is 5.83. The number of piperazine rings is 1. The maximum Gasteiger partial charge on any atom is 0.237 e. The monoisotopic (exact) mass is 239 g/mol. The van der Waals surface area contributed by atoms with Gasteiger partial charge in [0, 0.05) is 25.2 Å². The Hall–Kier alpha value is -0.610. The third kappa shape index (κ3) is 3.19. The standard InChI is InChI=1S/C13H25N3O/c1-10(9-12-5-3-4-6-14-12)16-8-7-15-13(17)11(16)2/h10-12,14H,3-9H2,1-2H3,(H,15,17). The smallest absolute Gasteiger partial charge is 0.237 e. The van der Waals surface area contributed by atoms with Crippen LogP contribution in [0.1, 0.15) is 39.5 Å². The predicted molar refractivity (Wildman–Crippen MR) is 68.9 cm³/mol. The Kier molecular flexibility index (Phi) is 4.40. The van der Waals surface area contributed by atoms with Crippen molar-refractivity contribution in [1.29, 1.82) is 0 Å². The van der Waals surface area contributed by atoms with Crippen molar-refractivity contribution in [2.24, 2.45) is 0 Å². The molecule has 2 rings (SSSR count). The summed E-state index contributed by atoms with van der Waals surface area (Å²) in [5, 5.41) is 6.51. The number of carbonyl (C=O) groups is 1. The number of nitrogens with zero attached hydrogens (tertiary/aromatic N) is 1. The van der Waals surface area contributed by atoms with E-state index in [4.69, 9.17) is 0 Å². The summed E-state index contributed by atoms with van der Waals surface area (Å²) in [5.41, 5.74) is 0. The minimum absolute atomic E-state index is 0.0299. The highest BCUT2D eigenvalue weighted by atomic mass is 16.2. The summed E-state index contributed by atoms with van der Waals surface area (Å²) in [6.45, 7) is 7.21. The van der Waals surface area contributed by atoms with Crippen LogP contribution >= 0.6 is 0 Å². The second-order valence-corrected chi connectivity index (χ2v) is 5.44. The molecule has 0 aromatic rings. The molecule has 98 valence electrons. The topological polar surface area (TPSA) is 44.4 Å². The van der Waals surface area contributed by atoms with E-state index in [1.165, 1.54) is 19.3 Å². The average Bonchev–Trinajstić information content (AvgIpc) is 2.34. The molecule has 2 heterocycles. The molecule has 2 N–H and O–H groups in total. The zero-order valence-corrected chi connectivity index (χ0v) is 11.0. The molecular formula is C13H25N3O. The van der Waals surface area contributed by atoms with Crippen LogP contribution in [0.5, 0.6) is 0 Å². The number of amides is 1. The molecule has 2 aliphatic rings. The van der Waals surface area contributed by atoms with E-state index in [-0.39, 0.29) is 11.9 Å². The molecule has 4 heteroatoms. The van der Waals surface area contributed by atoms with Gasteiger partial charge in [-0.3, -0.25) is 9.69 Å². The molecule has 2 aliphatic heterocycles. The van der Waals surface area contributed by atoms with Crippen molar-refractivity contribution in [3.63, 3.8) is 0 Å². The molecular weight excluding hydrogens is 214 g/mol. The lowest BCUT2D eigenvalue weighted by molar-refractivity contribution is -0.129. The van der Waals surface area contributed by atoms with Gasteiger partial charge in [0.1, 0.15) is 0 Å². The third-order valence-corrected chi connectivity index (χ3v) is 4.15. The predicted octanol–water partition coefficient (Wildman–Crippen LogP) is 0.727. The first-order valence-corrected chi connectivity index (χ1v) is 6.95. The highest BCUT2D eigenvalue weighted by Gasteiger charge is 2.30. The van der Waals surface area contributed by atoms with Crippen LogP contribution in [0.15, 0.2) is 0 Å². The van der Waals surface area contributed by atoms with Gasteiger partial charge in [0.2, 0.25) is 5.91 Å². The molecule has 0 aromatic heterocycles. The number of piperidine rings is 1. The number of hydrogen-bond donors (Lipinski definition) is 2. The minimum atomic E-state index is 0.0299. The molecule has 0 saturated carbocycles. The van der Waals surface area contributed by atoms with Crippen molar-refractivity contribution >= 4 is 5.91 Å². The fourth-order valence-electron chi connectivity index (χ4n) is 3.07. The summed E-state index contributed by atoms with van der Waals surface area (Å²) < 4.78 is 0. The Bertz CT molecular complexity index is 263. The number of rotatable bonds is 3. The van der Waals surface area contributed by atoms with Gasteiger partial charge in [-0.25, -0.2) is 0 Å². The van der Waals surface area contributed by atoms with E-state index in [9.17, 15) is 4.79 Å². The highest BCUT2D eigenvalue weighted by molar-refractivity contribution is 5.82. The van der Waals surface area contributed by atoms with E-state index in [2.05, 4.69) is 22.5 Å². The van der Waals surface area contributed by atoms with Gasteiger partial charge < -0.3 is 10.6 Å². The summed E-state index contributed by atoms with van der Waals surface area (Å²) in [4.78, 5) is 14.0. The fourth-order valence-corrected chi connectivity index (χ4v) is 3.07. The van der Waals surface area contributed by atoms with E-state index >= 15 is 0 Å². The lowest BCUT2D eigenvalue weighted by atomic mass is 9.97. The van der Waals surface area contributed by atoms with Crippen LogP contribution in [-0.2, 0) is 4.79 Å². The van der Waals surface area contributed by atoms with Gasteiger partial charge in [0.15, 0.2) is 0 Å². The molecule has 0 aliphatic carbocycles. The first-order chi connectivity index (χ1) is 8.18. The Morgan fingerprint density at radius 1 is 1.41 bits per heavy atom. The molecule has 0 aromatic carbocycles. The third-order valence-electron chi connectivity index (χ3n) is 4.15. The van der Waals surface area contributed by atoms with Crippen LogP contribution < -0.4 is 10.6 Å². The number of carbonyl (C=O) groups excluding carboxylic acids is 1. The van der Waals surface area contributed by atoms with Crippen LogP contribution in [-0.4, -0.2) is 48.6 Å². The van der Waals surface area contributed by atoms with Crippen molar-refractivity contribution in [3.05, 3.63) is 0 Å². The maximum atomic E-state index is 11.6. The summed E-state index contributed by atoms with van der Waals surface area (Å²) in [7, 11) is 0. The first-order valence-electron chi connectivity index (χ1n) is 6.95. The van der Waals surface area contributed by atoms with Crippen molar-refractivity contribution in [2.75, 3.05) is 19.6 Å². The SMILES string of the molecule is CC(CC1CCCCN1)N1CCNC(=O)C1C. The van der Waals surface area contributed by atoms with Crippen LogP contribution in [0.3, 0.4) is 0 Å². The molecule has 2 saturated heterocycles. The number of hydrogen-bond acceptors (Lipinski definition) is 3. The minimum Gasteiger partial charge on any atom is -0.353 e. The zero-order chi connectivity index (χ0) is 12.3. The van der Waals surface area contributed by atoms with Crippen LogP contribution in [0.2, 0.25) is 0 Å². The van der Waals surface area contributed by atoms with Gasteiger partial charge in [0.05, 0.1) is 6.04 Å². The Balaban J connectivity index is 1.85. The van der Waals surface area contributed by atoms with Crippen LogP contribution in [0, 0.1) is 0 Å². The lowest BCUT2D eigenvalue weighted by Crippen LogP contribution is -2.57. The fraction of sp³-hybridized carbons (Fsp3) is 0.923. The van der Waals surface area contributed by atoms with Gasteiger partial charge in [-0.15, -0.1) is 0 Å². The molecule has 17 heavy (non-hydrogen) atoms. The Morgan fingerprint density at radius 2 is 2.24 bits per heavy atom. The normalized spacial score (nSPS) is 33.2. The van der Waals surface area contributed by atoms with E-state index < -0.39 is 0 Å². The van der Waals surface area contributed by atoms with E-state index in [1.54, 1.807) is 0 Å². The van der Waals surface area contributed by atoms with E-state index in [0.29, 0.717) is 12.1 Å². The van der Waals surface area contributed by atoms with Gasteiger partial charge in [-0.05, 0) is 39.7 Å². The molecule has 4 nitrogen and oxygen atoms in total. The molecule has 0 spiro atoms. The largest absolute Gasteiger partial charge is 0.353 e. The van der Waals surface area contributed by atoms with Gasteiger partial charge in [-0.2, -0.15) is 0 Å². The van der Waals surface area contributed by atoms with Crippen molar-refractivity contribution in [2.45, 2.75) is 57.7 Å². The molecule has 2 fully saturated rings. The molecule has 1 amide bonds.